The summed E-state index contributed by atoms with van der Waals surface area (Å²) in [5, 5.41) is 17.8. The number of likely N-dealkylation sites (tertiary alicyclic amines) is 1. The fourth-order valence-electron chi connectivity index (χ4n) is 3.56. The maximum Gasteiger partial charge on any atom is 0.146 e. The summed E-state index contributed by atoms with van der Waals surface area (Å²) in [6, 6.07) is 6.77. The van der Waals surface area contributed by atoms with Crippen LogP contribution in [0.1, 0.15) is 36.0 Å². The molecule has 0 spiro atoms. The third-order valence-corrected chi connectivity index (χ3v) is 5.16. The lowest BCUT2D eigenvalue weighted by atomic mass is 9.95. The standard InChI is InChI=1S/C19H28FN5O/c1-23(11-12-26)14-18-21-22-19(24(18)2)16-7-9-25(10-8-16)13-15-3-5-17(20)6-4-15/h3-6,16,26H,7-14H2,1-2H3. The van der Waals surface area contributed by atoms with Crippen molar-refractivity contribution in [2.45, 2.75) is 31.8 Å². The van der Waals surface area contributed by atoms with Crippen LogP contribution in [0.3, 0.4) is 0 Å². The zero-order chi connectivity index (χ0) is 18.5. The molecule has 0 unspecified atom stereocenters. The normalized spacial score (nSPS) is 16.5. The van der Waals surface area contributed by atoms with Crippen LogP contribution in [0.2, 0.25) is 0 Å². The minimum atomic E-state index is -0.185. The Morgan fingerprint density at radius 1 is 1.19 bits per heavy atom. The number of likely N-dealkylation sites (N-methyl/N-ethyl adjacent to an activating group) is 1. The molecule has 1 saturated heterocycles. The molecule has 0 radical (unpaired) electrons. The van der Waals surface area contributed by atoms with Crippen LogP contribution in [0, 0.1) is 5.82 Å². The van der Waals surface area contributed by atoms with Gasteiger partial charge in [0.1, 0.15) is 17.5 Å². The van der Waals surface area contributed by atoms with Gasteiger partial charge in [-0.3, -0.25) is 9.80 Å². The van der Waals surface area contributed by atoms with Crippen molar-refractivity contribution in [2.24, 2.45) is 7.05 Å². The average Bonchev–Trinajstić information content (AvgIpc) is 2.98. The van der Waals surface area contributed by atoms with Crippen LogP contribution >= 0.6 is 0 Å². The smallest absolute Gasteiger partial charge is 0.146 e. The van der Waals surface area contributed by atoms with E-state index in [1.807, 2.05) is 31.1 Å². The number of aromatic nitrogens is 3. The Morgan fingerprint density at radius 3 is 2.54 bits per heavy atom. The highest BCUT2D eigenvalue weighted by atomic mass is 19.1. The van der Waals surface area contributed by atoms with Crippen molar-refractivity contribution in [2.75, 3.05) is 33.3 Å². The molecule has 0 amide bonds. The van der Waals surface area contributed by atoms with Gasteiger partial charge in [0.15, 0.2) is 0 Å². The molecule has 1 fully saturated rings. The lowest BCUT2D eigenvalue weighted by molar-refractivity contribution is 0.199. The molecule has 1 aliphatic heterocycles. The number of hydrogen-bond acceptors (Lipinski definition) is 5. The molecule has 0 bridgehead atoms. The van der Waals surface area contributed by atoms with Crippen molar-refractivity contribution in [1.82, 2.24) is 24.6 Å². The van der Waals surface area contributed by atoms with Gasteiger partial charge in [-0.25, -0.2) is 4.39 Å². The maximum absolute atomic E-state index is 13.0. The van der Waals surface area contributed by atoms with Gasteiger partial charge in [-0.05, 0) is 50.7 Å². The van der Waals surface area contributed by atoms with Crippen LogP contribution in [-0.4, -0.2) is 63.0 Å². The van der Waals surface area contributed by atoms with Gasteiger partial charge in [-0.1, -0.05) is 12.1 Å². The molecule has 6 nitrogen and oxygen atoms in total. The number of rotatable bonds is 7. The molecule has 1 aromatic heterocycles. The molecule has 0 aliphatic carbocycles. The van der Waals surface area contributed by atoms with Gasteiger partial charge >= 0.3 is 0 Å². The topological polar surface area (TPSA) is 57.4 Å². The summed E-state index contributed by atoms with van der Waals surface area (Å²) in [4.78, 5) is 4.45. The molecule has 2 heterocycles. The Morgan fingerprint density at radius 2 is 1.88 bits per heavy atom. The van der Waals surface area contributed by atoms with Crippen molar-refractivity contribution in [3.63, 3.8) is 0 Å². The minimum absolute atomic E-state index is 0.147. The van der Waals surface area contributed by atoms with E-state index in [2.05, 4.69) is 19.7 Å². The third kappa shape index (κ3) is 4.66. The van der Waals surface area contributed by atoms with Crippen LogP contribution in [0.15, 0.2) is 24.3 Å². The summed E-state index contributed by atoms with van der Waals surface area (Å²) >= 11 is 0. The molecule has 3 rings (SSSR count). The van der Waals surface area contributed by atoms with Crippen LogP contribution in [0.25, 0.3) is 0 Å². The van der Waals surface area contributed by atoms with E-state index in [0.29, 0.717) is 19.0 Å². The van der Waals surface area contributed by atoms with E-state index in [9.17, 15) is 4.39 Å². The molecule has 1 N–H and O–H groups in total. The van der Waals surface area contributed by atoms with Gasteiger partial charge in [-0.15, -0.1) is 10.2 Å². The number of nitrogens with zero attached hydrogens (tertiary/aromatic N) is 5. The largest absolute Gasteiger partial charge is 0.395 e. The first-order chi connectivity index (χ1) is 12.6. The predicted octanol–water partition coefficient (Wildman–Crippen LogP) is 1.76. The number of aliphatic hydroxyl groups excluding tert-OH is 1. The second kappa shape index (κ2) is 8.70. The summed E-state index contributed by atoms with van der Waals surface area (Å²) in [5.41, 5.74) is 1.15. The highest BCUT2D eigenvalue weighted by Crippen LogP contribution is 2.27. The van der Waals surface area contributed by atoms with Crippen molar-refractivity contribution in [3.8, 4) is 0 Å². The Kier molecular flexibility index (Phi) is 6.34. The number of benzene rings is 1. The van der Waals surface area contributed by atoms with Crippen molar-refractivity contribution >= 4 is 0 Å². The first kappa shape index (κ1) is 18.9. The second-order valence-corrected chi connectivity index (χ2v) is 7.17. The van der Waals surface area contributed by atoms with E-state index in [0.717, 1.165) is 49.7 Å². The molecular weight excluding hydrogens is 333 g/mol. The maximum atomic E-state index is 13.0. The Bertz CT molecular complexity index is 694. The molecule has 7 heteroatoms. The Labute approximate surface area is 154 Å². The lowest BCUT2D eigenvalue weighted by Gasteiger charge is -2.31. The van der Waals surface area contributed by atoms with E-state index in [4.69, 9.17) is 5.11 Å². The van der Waals surface area contributed by atoms with Crippen LogP contribution < -0.4 is 0 Å². The average molecular weight is 361 g/mol. The molecule has 1 aliphatic rings. The quantitative estimate of drug-likeness (QED) is 0.814. The SMILES string of the molecule is CN(CCO)Cc1nnc(C2CCN(Cc3ccc(F)cc3)CC2)n1C. The van der Waals surface area contributed by atoms with Gasteiger partial charge in [0.05, 0.1) is 13.2 Å². The highest BCUT2D eigenvalue weighted by molar-refractivity contribution is 5.16. The second-order valence-electron chi connectivity index (χ2n) is 7.17. The number of hydrogen-bond donors (Lipinski definition) is 1. The lowest BCUT2D eigenvalue weighted by Crippen LogP contribution is -2.33. The van der Waals surface area contributed by atoms with Crippen molar-refractivity contribution in [1.29, 1.82) is 0 Å². The number of halogens is 1. The van der Waals surface area contributed by atoms with E-state index in [-0.39, 0.29) is 12.4 Å². The zero-order valence-electron chi connectivity index (χ0n) is 15.6. The summed E-state index contributed by atoms with van der Waals surface area (Å²) in [6.45, 7) is 4.34. The molecular formula is C19H28FN5O. The summed E-state index contributed by atoms with van der Waals surface area (Å²) in [7, 11) is 4.00. The van der Waals surface area contributed by atoms with E-state index in [1.165, 1.54) is 12.1 Å². The van der Waals surface area contributed by atoms with Crippen LogP contribution in [0.5, 0.6) is 0 Å². The van der Waals surface area contributed by atoms with E-state index in [1.54, 1.807) is 0 Å². The monoisotopic (exact) mass is 361 g/mol. The molecule has 142 valence electrons. The van der Waals surface area contributed by atoms with Crippen LogP contribution in [0.4, 0.5) is 4.39 Å². The Balaban J connectivity index is 1.54. The molecule has 0 atom stereocenters. The van der Waals surface area contributed by atoms with E-state index >= 15 is 0 Å². The zero-order valence-corrected chi connectivity index (χ0v) is 15.6. The number of aliphatic hydroxyl groups is 1. The summed E-state index contributed by atoms with van der Waals surface area (Å²) < 4.78 is 15.1. The van der Waals surface area contributed by atoms with Crippen molar-refractivity contribution in [3.05, 3.63) is 47.3 Å². The van der Waals surface area contributed by atoms with Gasteiger partial charge in [0.2, 0.25) is 0 Å². The molecule has 2 aromatic rings. The fraction of sp³-hybridized carbons (Fsp3) is 0.579. The first-order valence-electron chi connectivity index (χ1n) is 9.21. The fourth-order valence-corrected chi connectivity index (χ4v) is 3.56. The van der Waals surface area contributed by atoms with Gasteiger partial charge in [0.25, 0.3) is 0 Å². The predicted molar refractivity (Wildman–Crippen MR) is 98.1 cm³/mol. The van der Waals surface area contributed by atoms with Gasteiger partial charge in [0, 0.05) is 26.1 Å². The van der Waals surface area contributed by atoms with Gasteiger partial charge < -0.3 is 9.67 Å². The minimum Gasteiger partial charge on any atom is -0.395 e. The molecule has 0 saturated carbocycles. The van der Waals surface area contributed by atoms with Crippen LogP contribution in [-0.2, 0) is 20.1 Å². The molecule has 26 heavy (non-hydrogen) atoms. The third-order valence-electron chi connectivity index (χ3n) is 5.16. The first-order valence-corrected chi connectivity index (χ1v) is 9.21. The highest BCUT2D eigenvalue weighted by Gasteiger charge is 2.25. The summed E-state index contributed by atoms with van der Waals surface area (Å²) in [5.74, 6) is 2.23. The van der Waals surface area contributed by atoms with Crippen molar-refractivity contribution < 1.29 is 9.50 Å². The van der Waals surface area contributed by atoms with Gasteiger partial charge in [-0.2, -0.15) is 0 Å². The Hall–Kier alpha value is -1.83. The van der Waals surface area contributed by atoms with E-state index < -0.39 is 0 Å². The molecule has 1 aromatic carbocycles. The number of piperidine rings is 1. The summed E-state index contributed by atoms with van der Waals surface area (Å²) in [6.07, 6.45) is 2.11.